The minimum Gasteiger partial charge on any atom is -0.508 e. The first kappa shape index (κ1) is 46.3. The summed E-state index contributed by atoms with van der Waals surface area (Å²) >= 11 is 0. The number of aromatic hydroxyl groups is 2. The van der Waals surface area contributed by atoms with Crippen LogP contribution >= 0.6 is 0 Å². The van der Waals surface area contributed by atoms with Crippen molar-refractivity contribution in [2.75, 3.05) is 0 Å². The number of benzene rings is 4. The third-order valence-electron chi connectivity index (χ3n) is 12.4. The van der Waals surface area contributed by atoms with E-state index in [-0.39, 0.29) is 27.8 Å². The Morgan fingerprint density at radius 3 is 1.27 bits per heavy atom. The third-order valence-corrected chi connectivity index (χ3v) is 12.4. The van der Waals surface area contributed by atoms with Gasteiger partial charge in [-0.15, -0.1) is 0 Å². The molecule has 4 heteroatoms. The molecule has 0 aromatic heterocycles. The molecule has 0 saturated carbocycles. The summed E-state index contributed by atoms with van der Waals surface area (Å²) in [5.74, 6) is 6.84. The van der Waals surface area contributed by atoms with E-state index in [1.165, 1.54) is 33.4 Å². The van der Waals surface area contributed by atoms with Crippen molar-refractivity contribution in [3.63, 3.8) is 0 Å². The van der Waals surface area contributed by atoms with E-state index in [0.29, 0.717) is 11.5 Å². The number of aryl methyl sites for hydroxylation is 5. The van der Waals surface area contributed by atoms with E-state index in [9.17, 15) is 20.4 Å². The summed E-state index contributed by atoms with van der Waals surface area (Å²) in [6.45, 7) is 29.3. The van der Waals surface area contributed by atoms with E-state index in [4.69, 9.17) is 0 Å². The van der Waals surface area contributed by atoms with Gasteiger partial charge in [-0.2, -0.15) is 0 Å². The summed E-state index contributed by atoms with van der Waals surface area (Å²) < 4.78 is 0. The lowest BCUT2D eigenvalue weighted by Crippen LogP contribution is -2.27. The van der Waals surface area contributed by atoms with Gasteiger partial charge in [0.2, 0.25) is 0 Å². The average molecular weight is 761 g/mol. The molecule has 0 radical (unpaired) electrons. The fourth-order valence-corrected chi connectivity index (χ4v) is 7.84. The molecule has 4 rings (SSSR count). The summed E-state index contributed by atoms with van der Waals surface area (Å²) in [4.78, 5) is 0. The molecule has 4 aromatic rings. The molecule has 2 unspecified atom stereocenters. The SMILES string of the molecule is CCC(CC)(c1ccc(O)c(C)c1)c1ccc(C#CC(O)C(C)(C)C)c(C)c1.CCC(CC)(c1ccc(O)c(C)c1)c1ccc(CCC(O)C(C)(C)C)c(C)c1. The van der Waals surface area contributed by atoms with E-state index in [2.05, 4.69) is 129 Å². The Morgan fingerprint density at radius 2 is 0.911 bits per heavy atom. The number of aliphatic hydroxyl groups excluding tert-OH is 2. The highest BCUT2D eigenvalue weighted by Gasteiger charge is 2.33. The predicted octanol–water partition coefficient (Wildman–Crippen LogP) is 12.3. The quantitative estimate of drug-likeness (QED) is 0.115. The largest absolute Gasteiger partial charge is 0.508 e. The van der Waals surface area contributed by atoms with E-state index in [1.54, 1.807) is 6.07 Å². The lowest BCUT2D eigenvalue weighted by molar-refractivity contribution is 0.0560. The Hall–Kier alpha value is -4.04. The van der Waals surface area contributed by atoms with Gasteiger partial charge < -0.3 is 20.4 Å². The van der Waals surface area contributed by atoms with Gasteiger partial charge in [0.05, 0.1) is 6.10 Å². The molecule has 4 N–H and O–H groups in total. The van der Waals surface area contributed by atoms with Crippen molar-refractivity contribution in [1.82, 2.24) is 0 Å². The second-order valence-electron chi connectivity index (χ2n) is 18.2. The first-order chi connectivity index (χ1) is 26.1. The Balaban J connectivity index is 0.000000300. The molecule has 0 aliphatic carbocycles. The van der Waals surface area contributed by atoms with Gasteiger partial charge in [0.15, 0.2) is 0 Å². The zero-order chi connectivity index (χ0) is 42.2. The van der Waals surface area contributed by atoms with Crippen LogP contribution in [0.4, 0.5) is 0 Å². The van der Waals surface area contributed by atoms with Gasteiger partial charge in [-0.25, -0.2) is 0 Å². The normalized spacial score (nSPS) is 13.3. The van der Waals surface area contributed by atoms with Crippen LogP contribution < -0.4 is 0 Å². The van der Waals surface area contributed by atoms with E-state index >= 15 is 0 Å². The van der Waals surface area contributed by atoms with Gasteiger partial charge in [-0.05, 0) is 145 Å². The first-order valence-corrected chi connectivity index (χ1v) is 20.8. The van der Waals surface area contributed by atoms with Crippen LogP contribution in [0.3, 0.4) is 0 Å². The lowest BCUT2D eigenvalue weighted by Gasteiger charge is -2.34. The maximum Gasteiger partial charge on any atom is 0.119 e. The summed E-state index contributed by atoms with van der Waals surface area (Å²) in [5, 5.41) is 40.5. The van der Waals surface area contributed by atoms with Crippen molar-refractivity contribution in [2.24, 2.45) is 10.8 Å². The van der Waals surface area contributed by atoms with E-state index in [0.717, 1.165) is 60.8 Å². The van der Waals surface area contributed by atoms with Crippen molar-refractivity contribution >= 4 is 0 Å². The second kappa shape index (κ2) is 18.9. The highest BCUT2D eigenvalue weighted by Crippen LogP contribution is 2.42. The topological polar surface area (TPSA) is 80.9 Å². The van der Waals surface area contributed by atoms with Crippen LogP contribution in [-0.2, 0) is 17.3 Å². The number of hydrogen-bond acceptors (Lipinski definition) is 4. The molecule has 56 heavy (non-hydrogen) atoms. The van der Waals surface area contributed by atoms with Gasteiger partial charge >= 0.3 is 0 Å². The summed E-state index contributed by atoms with van der Waals surface area (Å²) in [6, 6.07) is 25.2. The molecule has 0 aliphatic heterocycles. The van der Waals surface area contributed by atoms with Crippen LogP contribution in [0.1, 0.15) is 157 Å². The number of phenols is 2. The standard InChI is InChI=1S/C26H38O2.C26H34O2/c2*1-8-26(9-2,22-13-14-23(27)19(4)17-22)21-12-10-20(18(3)16-21)11-15-24(28)25(5,6)7/h10,12-14,16-17,24,27-28H,8-9,11,15H2,1-7H3;10,12-14,16-17,24,27-28H,8-9H2,1-7H3. The fraction of sp³-hybridized carbons (Fsp3) is 0.500. The van der Waals surface area contributed by atoms with Crippen molar-refractivity contribution in [3.8, 4) is 23.3 Å². The maximum absolute atomic E-state index is 10.4. The molecular formula is C52H72O4. The summed E-state index contributed by atoms with van der Waals surface area (Å²) in [5.41, 5.74) is 11.1. The van der Waals surface area contributed by atoms with Crippen molar-refractivity contribution in [1.29, 1.82) is 0 Å². The van der Waals surface area contributed by atoms with Gasteiger partial charge in [0, 0.05) is 16.4 Å². The Bertz CT molecular complexity index is 1970. The zero-order valence-corrected chi connectivity index (χ0v) is 37.1. The molecular weight excluding hydrogens is 689 g/mol. The summed E-state index contributed by atoms with van der Waals surface area (Å²) in [6.07, 6.45) is 4.70. The molecule has 0 fully saturated rings. The number of phenolic OH excluding ortho intramolecular Hbond substituents is 2. The third kappa shape index (κ3) is 10.7. The van der Waals surface area contributed by atoms with Crippen molar-refractivity contribution in [3.05, 3.63) is 128 Å². The molecule has 0 aliphatic rings. The molecule has 0 amide bonds. The zero-order valence-electron chi connectivity index (χ0n) is 37.1. The first-order valence-electron chi connectivity index (χ1n) is 20.8. The maximum atomic E-state index is 10.4. The Labute approximate surface area is 340 Å². The molecule has 2 atom stereocenters. The molecule has 0 heterocycles. The molecule has 4 aromatic carbocycles. The molecule has 4 nitrogen and oxygen atoms in total. The predicted molar refractivity (Wildman–Crippen MR) is 237 cm³/mol. The van der Waals surface area contributed by atoms with Crippen molar-refractivity contribution in [2.45, 2.75) is 158 Å². The minimum atomic E-state index is -0.656. The van der Waals surface area contributed by atoms with Crippen LogP contribution in [0, 0.1) is 50.4 Å². The fourth-order valence-electron chi connectivity index (χ4n) is 7.84. The molecule has 304 valence electrons. The Kier molecular flexibility index (Phi) is 15.7. The number of aliphatic hydroxyl groups is 2. The molecule has 0 bridgehead atoms. The van der Waals surface area contributed by atoms with Crippen LogP contribution in [0.5, 0.6) is 11.5 Å². The molecule has 0 saturated heterocycles. The van der Waals surface area contributed by atoms with Crippen LogP contribution in [0.15, 0.2) is 72.8 Å². The average Bonchev–Trinajstić information content (AvgIpc) is 3.14. The van der Waals surface area contributed by atoms with E-state index in [1.807, 2.05) is 46.8 Å². The second-order valence-corrected chi connectivity index (χ2v) is 18.2. The highest BCUT2D eigenvalue weighted by molar-refractivity contribution is 5.50. The summed E-state index contributed by atoms with van der Waals surface area (Å²) in [7, 11) is 0. The van der Waals surface area contributed by atoms with Gasteiger partial charge in [-0.3, -0.25) is 0 Å². The van der Waals surface area contributed by atoms with Crippen LogP contribution in [0.2, 0.25) is 0 Å². The number of hydrogen-bond donors (Lipinski definition) is 4. The Morgan fingerprint density at radius 1 is 0.518 bits per heavy atom. The highest BCUT2D eigenvalue weighted by atomic mass is 16.3. The van der Waals surface area contributed by atoms with Gasteiger partial charge in [-0.1, -0.05) is 136 Å². The monoisotopic (exact) mass is 761 g/mol. The minimum absolute atomic E-state index is 0.0489. The van der Waals surface area contributed by atoms with Gasteiger partial charge in [0.1, 0.15) is 17.6 Å². The lowest BCUT2D eigenvalue weighted by atomic mass is 9.69. The van der Waals surface area contributed by atoms with Gasteiger partial charge in [0.25, 0.3) is 0 Å². The van der Waals surface area contributed by atoms with Crippen molar-refractivity contribution < 1.29 is 20.4 Å². The van der Waals surface area contributed by atoms with E-state index < -0.39 is 6.10 Å². The van der Waals surface area contributed by atoms with Crippen LogP contribution in [0.25, 0.3) is 0 Å². The van der Waals surface area contributed by atoms with Crippen LogP contribution in [-0.4, -0.2) is 32.6 Å². The molecule has 0 spiro atoms. The smallest absolute Gasteiger partial charge is 0.119 e. The number of rotatable bonds is 11.